The van der Waals surface area contributed by atoms with Crippen molar-refractivity contribution in [1.29, 1.82) is 0 Å². The van der Waals surface area contributed by atoms with E-state index in [1.165, 1.54) is 0 Å². The number of ether oxygens (including phenoxy) is 1. The molecule has 0 unspecified atom stereocenters. The highest BCUT2D eigenvalue weighted by Gasteiger charge is 2.42. The summed E-state index contributed by atoms with van der Waals surface area (Å²) in [5.41, 5.74) is -1.03. The topological polar surface area (TPSA) is 46.5 Å². The fourth-order valence-electron chi connectivity index (χ4n) is 2.13. The molecule has 1 fully saturated rings. The van der Waals surface area contributed by atoms with Crippen LogP contribution in [0.2, 0.25) is 0 Å². The second-order valence-electron chi connectivity index (χ2n) is 4.19. The SMILES string of the molecule is O=C(O)C1(Oc2[c]cccc2)CCCCC1. The summed E-state index contributed by atoms with van der Waals surface area (Å²) in [6.45, 7) is 0. The summed E-state index contributed by atoms with van der Waals surface area (Å²) in [4.78, 5) is 11.3. The van der Waals surface area contributed by atoms with Gasteiger partial charge < -0.3 is 9.84 Å². The van der Waals surface area contributed by atoms with Crippen molar-refractivity contribution in [2.45, 2.75) is 37.7 Å². The Morgan fingerprint density at radius 3 is 2.62 bits per heavy atom. The maximum Gasteiger partial charge on any atom is 0.348 e. The summed E-state index contributed by atoms with van der Waals surface area (Å²) in [5.74, 6) is -0.337. The Labute approximate surface area is 95.0 Å². The van der Waals surface area contributed by atoms with Crippen molar-refractivity contribution < 1.29 is 14.6 Å². The highest BCUT2D eigenvalue weighted by atomic mass is 16.5. The summed E-state index contributed by atoms with van der Waals surface area (Å²) in [7, 11) is 0. The number of carbonyl (C=O) groups is 1. The third kappa shape index (κ3) is 2.18. The van der Waals surface area contributed by atoms with E-state index in [-0.39, 0.29) is 0 Å². The van der Waals surface area contributed by atoms with Gasteiger partial charge in [-0.3, -0.25) is 0 Å². The van der Waals surface area contributed by atoms with Gasteiger partial charge in [0.2, 0.25) is 5.60 Å². The Morgan fingerprint density at radius 1 is 1.31 bits per heavy atom. The van der Waals surface area contributed by atoms with E-state index in [0.29, 0.717) is 18.6 Å². The second kappa shape index (κ2) is 4.56. The predicted molar refractivity (Wildman–Crippen MR) is 59.4 cm³/mol. The zero-order chi connectivity index (χ0) is 11.4. The van der Waals surface area contributed by atoms with Gasteiger partial charge in [0.1, 0.15) is 5.75 Å². The van der Waals surface area contributed by atoms with Crippen molar-refractivity contribution in [3.8, 4) is 5.75 Å². The zero-order valence-electron chi connectivity index (χ0n) is 9.11. The molecule has 0 atom stereocenters. The van der Waals surface area contributed by atoms with Crippen LogP contribution >= 0.6 is 0 Å². The lowest BCUT2D eigenvalue weighted by Crippen LogP contribution is -2.46. The first-order valence-corrected chi connectivity index (χ1v) is 5.62. The first-order chi connectivity index (χ1) is 7.73. The molecule has 0 aliphatic heterocycles. The number of carboxylic acids is 1. The van der Waals surface area contributed by atoms with Crippen LogP contribution in [0.5, 0.6) is 5.75 Å². The van der Waals surface area contributed by atoms with E-state index in [2.05, 4.69) is 6.07 Å². The zero-order valence-corrected chi connectivity index (χ0v) is 9.11. The predicted octanol–water partition coefficient (Wildman–Crippen LogP) is 2.65. The molecular formula is C13H15O3. The van der Waals surface area contributed by atoms with E-state index in [9.17, 15) is 9.90 Å². The van der Waals surface area contributed by atoms with Gasteiger partial charge in [-0.1, -0.05) is 24.6 Å². The summed E-state index contributed by atoms with van der Waals surface area (Å²) in [6, 6.07) is 10.0. The van der Waals surface area contributed by atoms with E-state index < -0.39 is 11.6 Å². The molecule has 1 radical (unpaired) electrons. The van der Waals surface area contributed by atoms with Crippen LogP contribution in [-0.2, 0) is 4.79 Å². The highest BCUT2D eigenvalue weighted by Crippen LogP contribution is 2.33. The molecule has 1 saturated carbocycles. The lowest BCUT2D eigenvalue weighted by Gasteiger charge is -2.33. The third-order valence-electron chi connectivity index (χ3n) is 3.04. The van der Waals surface area contributed by atoms with Crippen LogP contribution < -0.4 is 4.74 Å². The Kier molecular flexibility index (Phi) is 3.13. The molecule has 2 rings (SSSR count). The van der Waals surface area contributed by atoms with Crippen molar-refractivity contribution in [2.75, 3.05) is 0 Å². The minimum Gasteiger partial charge on any atom is -0.478 e. The maximum absolute atomic E-state index is 11.3. The number of para-hydroxylation sites is 1. The quantitative estimate of drug-likeness (QED) is 0.850. The van der Waals surface area contributed by atoms with Gasteiger partial charge in [-0.25, -0.2) is 4.79 Å². The summed E-state index contributed by atoms with van der Waals surface area (Å²) in [5, 5.41) is 9.31. The lowest BCUT2D eigenvalue weighted by molar-refractivity contribution is -0.158. The number of hydrogen-bond donors (Lipinski definition) is 1. The van der Waals surface area contributed by atoms with Gasteiger partial charge in [-0.05, 0) is 31.7 Å². The van der Waals surface area contributed by atoms with Crippen LogP contribution in [0, 0.1) is 6.07 Å². The molecule has 3 heteroatoms. The molecule has 0 spiro atoms. The lowest BCUT2D eigenvalue weighted by atomic mass is 9.84. The van der Waals surface area contributed by atoms with Gasteiger partial charge in [0.25, 0.3) is 0 Å². The number of benzene rings is 1. The molecule has 1 aliphatic rings. The average Bonchev–Trinajstić information content (AvgIpc) is 2.31. The molecule has 1 aromatic rings. The molecule has 3 nitrogen and oxygen atoms in total. The van der Waals surface area contributed by atoms with Gasteiger partial charge in [-0.2, -0.15) is 0 Å². The van der Waals surface area contributed by atoms with Crippen molar-refractivity contribution in [3.63, 3.8) is 0 Å². The summed E-state index contributed by atoms with van der Waals surface area (Å²) < 4.78 is 5.65. The molecule has 0 saturated heterocycles. The molecule has 1 aromatic carbocycles. The van der Waals surface area contributed by atoms with Gasteiger partial charge in [0.05, 0.1) is 0 Å². The van der Waals surface area contributed by atoms with Crippen molar-refractivity contribution >= 4 is 5.97 Å². The van der Waals surface area contributed by atoms with E-state index >= 15 is 0 Å². The summed E-state index contributed by atoms with van der Waals surface area (Å²) in [6.07, 6.45) is 4.10. The number of aliphatic carboxylic acids is 1. The Hall–Kier alpha value is -1.51. The first-order valence-electron chi connectivity index (χ1n) is 5.62. The molecule has 0 aromatic heterocycles. The van der Waals surface area contributed by atoms with Crippen LogP contribution in [0.15, 0.2) is 24.3 Å². The summed E-state index contributed by atoms with van der Waals surface area (Å²) >= 11 is 0. The molecule has 1 N–H and O–H groups in total. The Morgan fingerprint density at radius 2 is 2.06 bits per heavy atom. The normalized spacial score (nSPS) is 19.0. The van der Waals surface area contributed by atoms with Gasteiger partial charge in [0.15, 0.2) is 0 Å². The molecule has 85 valence electrons. The minimum atomic E-state index is -1.03. The largest absolute Gasteiger partial charge is 0.478 e. The number of rotatable bonds is 3. The van der Waals surface area contributed by atoms with E-state index in [1.807, 2.05) is 12.1 Å². The first kappa shape index (κ1) is 11.0. The van der Waals surface area contributed by atoms with Gasteiger partial charge in [0, 0.05) is 6.07 Å². The fraction of sp³-hybridized carbons (Fsp3) is 0.462. The molecule has 0 heterocycles. The standard InChI is InChI=1S/C13H15O3/c14-12(15)13(9-5-2-6-10-13)16-11-7-3-1-4-8-11/h1,3-4,7H,2,5-6,9-10H2,(H,14,15). The fourth-order valence-corrected chi connectivity index (χ4v) is 2.13. The third-order valence-corrected chi connectivity index (χ3v) is 3.04. The molecule has 0 amide bonds. The maximum atomic E-state index is 11.3. The molecule has 1 aliphatic carbocycles. The van der Waals surface area contributed by atoms with Crippen LogP contribution in [0.4, 0.5) is 0 Å². The molecule has 0 bridgehead atoms. The Balaban J connectivity index is 2.17. The van der Waals surface area contributed by atoms with Crippen molar-refractivity contribution in [2.24, 2.45) is 0 Å². The van der Waals surface area contributed by atoms with Gasteiger partial charge in [-0.15, -0.1) is 0 Å². The Bertz CT molecular complexity index is 353. The van der Waals surface area contributed by atoms with Crippen molar-refractivity contribution in [3.05, 3.63) is 30.3 Å². The second-order valence-corrected chi connectivity index (χ2v) is 4.19. The monoisotopic (exact) mass is 219 g/mol. The smallest absolute Gasteiger partial charge is 0.348 e. The van der Waals surface area contributed by atoms with Crippen LogP contribution in [0.3, 0.4) is 0 Å². The van der Waals surface area contributed by atoms with E-state index in [1.54, 1.807) is 12.1 Å². The highest BCUT2D eigenvalue weighted by molar-refractivity contribution is 5.78. The van der Waals surface area contributed by atoms with Crippen molar-refractivity contribution in [1.82, 2.24) is 0 Å². The van der Waals surface area contributed by atoms with Gasteiger partial charge >= 0.3 is 5.97 Å². The van der Waals surface area contributed by atoms with E-state index in [0.717, 1.165) is 19.3 Å². The van der Waals surface area contributed by atoms with E-state index in [4.69, 9.17) is 4.74 Å². The molecule has 16 heavy (non-hydrogen) atoms. The van der Waals surface area contributed by atoms with Crippen LogP contribution in [0.1, 0.15) is 32.1 Å². The number of carboxylic acid groups (broad SMARTS) is 1. The van der Waals surface area contributed by atoms with Crippen LogP contribution in [0.25, 0.3) is 0 Å². The van der Waals surface area contributed by atoms with Crippen LogP contribution in [-0.4, -0.2) is 16.7 Å². The average molecular weight is 219 g/mol. The minimum absolute atomic E-state index is 0.520. The number of hydrogen-bond acceptors (Lipinski definition) is 2. The molecular weight excluding hydrogens is 204 g/mol.